The van der Waals surface area contributed by atoms with E-state index in [9.17, 15) is 10.1 Å². The average Bonchev–Trinajstić information content (AvgIpc) is 2.25. The SMILES string of the molecule is O=[N+]([O-])c1cc(C=CCO)ccc1CO. The van der Waals surface area contributed by atoms with Crippen molar-refractivity contribution in [1.29, 1.82) is 0 Å². The monoisotopic (exact) mass is 209 g/mol. The maximum absolute atomic E-state index is 10.6. The minimum atomic E-state index is -0.540. The van der Waals surface area contributed by atoms with Gasteiger partial charge in [0, 0.05) is 6.07 Å². The van der Waals surface area contributed by atoms with E-state index < -0.39 is 4.92 Å². The highest BCUT2D eigenvalue weighted by Crippen LogP contribution is 2.20. The first-order valence-electron chi connectivity index (χ1n) is 4.34. The highest BCUT2D eigenvalue weighted by Gasteiger charge is 2.12. The Morgan fingerprint density at radius 2 is 2.13 bits per heavy atom. The molecule has 0 saturated carbocycles. The Labute approximate surface area is 86.4 Å². The standard InChI is InChI=1S/C10H11NO4/c12-5-1-2-8-3-4-9(7-13)10(6-8)11(14)15/h1-4,6,12-13H,5,7H2. The van der Waals surface area contributed by atoms with Crippen LogP contribution in [0.1, 0.15) is 11.1 Å². The molecule has 0 spiro atoms. The molecule has 0 aliphatic carbocycles. The van der Waals surface area contributed by atoms with Gasteiger partial charge in [-0.15, -0.1) is 0 Å². The van der Waals surface area contributed by atoms with E-state index in [2.05, 4.69) is 0 Å². The molecule has 2 N–H and O–H groups in total. The number of nitro benzene ring substituents is 1. The van der Waals surface area contributed by atoms with Gasteiger partial charge in [-0.1, -0.05) is 18.2 Å². The van der Waals surface area contributed by atoms with E-state index in [4.69, 9.17) is 10.2 Å². The molecule has 0 saturated heterocycles. The Kier molecular flexibility index (Phi) is 3.96. The molecule has 80 valence electrons. The summed E-state index contributed by atoms with van der Waals surface area (Å²) in [5.41, 5.74) is 0.784. The van der Waals surface area contributed by atoms with E-state index in [-0.39, 0.29) is 24.5 Å². The highest BCUT2D eigenvalue weighted by molar-refractivity contribution is 5.56. The summed E-state index contributed by atoms with van der Waals surface area (Å²) in [6.45, 7) is -0.476. The maximum atomic E-state index is 10.6. The first-order chi connectivity index (χ1) is 7.19. The predicted molar refractivity (Wildman–Crippen MR) is 55.1 cm³/mol. The summed E-state index contributed by atoms with van der Waals surface area (Å²) in [6, 6.07) is 4.50. The van der Waals surface area contributed by atoms with E-state index in [0.29, 0.717) is 5.56 Å². The molecular weight excluding hydrogens is 198 g/mol. The molecule has 1 rings (SSSR count). The molecule has 15 heavy (non-hydrogen) atoms. The number of nitro groups is 1. The van der Waals surface area contributed by atoms with E-state index in [1.807, 2.05) is 0 Å². The topological polar surface area (TPSA) is 83.6 Å². The summed E-state index contributed by atoms with van der Waals surface area (Å²) < 4.78 is 0. The van der Waals surface area contributed by atoms with Crippen LogP contribution < -0.4 is 0 Å². The second-order valence-corrected chi connectivity index (χ2v) is 2.89. The summed E-state index contributed by atoms with van der Waals surface area (Å²) >= 11 is 0. The summed E-state index contributed by atoms with van der Waals surface area (Å²) in [6.07, 6.45) is 3.06. The van der Waals surface area contributed by atoms with Gasteiger partial charge in [0.1, 0.15) is 0 Å². The van der Waals surface area contributed by atoms with Gasteiger partial charge in [-0.05, 0) is 11.6 Å². The molecule has 0 unspecified atom stereocenters. The molecule has 0 radical (unpaired) electrons. The zero-order valence-corrected chi connectivity index (χ0v) is 7.96. The smallest absolute Gasteiger partial charge is 0.275 e. The minimum Gasteiger partial charge on any atom is -0.392 e. The van der Waals surface area contributed by atoms with E-state index >= 15 is 0 Å². The Bertz CT molecular complexity index is 387. The third kappa shape index (κ3) is 2.87. The summed E-state index contributed by atoms with van der Waals surface area (Å²) in [5, 5.41) is 28.0. The van der Waals surface area contributed by atoms with Gasteiger partial charge >= 0.3 is 0 Å². The number of benzene rings is 1. The lowest BCUT2D eigenvalue weighted by molar-refractivity contribution is -0.385. The van der Waals surface area contributed by atoms with Crippen LogP contribution in [0.3, 0.4) is 0 Å². The van der Waals surface area contributed by atoms with Crippen LogP contribution in [0.2, 0.25) is 0 Å². The third-order valence-corrected chi connectivity index (χ3v) is 1.89. The molecule has 1 aromatic rings. The quantitative estimate of drug-likeness (QED) is 0.574. The molecule has 0 aliphatic heterocycles. The average molecular weight is 209 g/mol. The van der Waals surface area contributed by atoms with Crippen LogP contribution in [0.4, 0.5) is 5.69 Å². The van der Waals surface area contributed by atoms with E-state index in [1.165, 1.54) is 18.2 Å². The van der Waals surface area contributed by atoms with Crippen LogP contribution in [0.15, 0.2) is 24.3 Å². The van der Waals surface area contributed by atoms with Gasteiger partial charge in [0.2, 0.25) is 0 Å². The van der Waals surface area contributed by atoms with Gasteiger partial charge in [0.15, 0.2) is 0 Å². The highest BCUT2D eigenvalue weighted by atomic mass is 16.6. The fourth-order valence-electron chi connectivity index (χ4n) is 1.18. The number of hydrogen-bond acceptors (Lipinski definition) is 4. The van der Waals surface area contributed by atoms with Crippen LogP contribution in [-0.2, 0) is 6.61 Å². The van der Waals surface area contributed by atoms with Crippen molar-refractivity contribution in [2.24, 2.45) is 0 Å². The molecule has 5 nitrogen and oxygen atoms in total. The number of aliphatic hydroxyl groups excluding tert-OH is 2. The third-order valence-electron chi connectivity index (χ3n) is 1.89. The molecule has 0 aliphatic rings. The van der Waals surface area contributed by atoms with Crippen molar-refractivity contribution in [3.05, 3.63) is 45.5 Å². The molecule has 0 atom stereocenters. The Morgan fingerprint density at radius 1 is 1.40 bits per heavy atom. The lowest BCUT2D eigenvalue weighted by Crippen LogP contribution is -1.95. The van der Waals surface area contributed by atoms with Gasteiger partial charge in [-0.25, -0.2) is 0 Å². The summed E-state index contributed by atoms with van der Waals surface area (Å²) in [7, 11) is 0. The lowest BCUT2D eigenvalue weighted by Gasteiger charge is -2.00. The van der Waals surface area contributed by atoms with Crippen LogP contribution in [-0.4, -0.2) is 21.7 Å². The van der Waals surface area contributed by atoms with Crippen molar-refractivity contribution in [3.8, 4) is 0 Å². The molecule has 5 heteroatoms. The van der Waals surface area contributed by atoms with Crippen molar-refractivity contribution < 1.29 is 15.1 Å². The van der Waals surface area contributed by atoms with Crippen LogP contribution >= 0.6 is 0 Å². The van der Waals surface area contributed by atoms with Crippen molar-refractivity contribution in [2.75, 3.05) is 6.61 Å². The largest absolute Gasteiger partial charge is 0.392 e. The van der Waals surface area contributed by atoms with Crippen LogP contribution in [0.5, 0.6) is 0 Å². The minimum absolute atomic E-state index is 0.113. The van der Waals surface area contributed by atoms with E-state index in [0.717, 1.165) is 0 Å². The van der Waals surface area contributed by atoms with Gasteiger partial charge in [-0.3, -0.25) is 10.1 Å². The second-order valence-electron chi connectivity index (χ2n) is 2.89. The lowest BCUT2D eigenvalue weighted by atomic mass is 10.1. The fourth-order valence-corrected chi connectivity index (χ4v) is 1.18. The summed E-state index contributed by atoms with van der Waals surface area (Å²) in [4.78, 5) is 10.1. The number of aliphatic hydroxyl groups is 2. The first kappa shape index (κ1) is 11.4. The van der Waals surface area contributed by atoms with Gasteiger partial charge in [0.05, 0.1) is 23.7 Å². The number of nitrogens with zero attached hydrogens (tertiary/aromatic N) is 1. The predicted octanol–water partition coefficient (Wildman–Crippen LogP) is 1.09. The van der Waals surface area contributed by atoms with Gasteiger partial charge < -0.3 is 10.2 Å². The fraction of sp³-hybridized carbons (Fsp3) is 0.200. The number of rotatable bonds is 4. The van der Waals surface area contributed by atoms with Crippen molar-refractivity contribution in [2.45, 2.75) is 6.61 Å². The Morgan fingerprint density at radius 3 is 2.67 bits per heavy atom. The van der Waals surface area contributed by atoms with Gasteiger partial charge in [0.25, 0.3) is 5.69 Å². The summed E-state index contributed by atoms with van der Waals surface area (Å²) in [5.74, 6) is 0. The van der Waals surface area contributed by atoms with Crippen molar-refractivity contribution in [1.82, 2.24) is 0 Å². The molecule has 0 fully saturated rings. The maximum Gasteiger partial charge on any atom is 0.275 e. The molecule has 0 bridgehead atoms. The molecule has 0 aromatic heterocycles. The zero-order chi connectivity index (χ0) is 11.3. The molecule has 0 heterocycles. The Balaban J connectivity index is 3.10. The first-order valence-corrected chi connectivity index (χ1v) is 4.34. The van der Waals surface area contributed by atoms with Crippen molar-refractivity contribution >= 4 is 11.8 Å². The van der Waals surface area contributed by atoms with Crippen LogP contribution in [0.25, 0.3) is 6.08 Å². The number of hydrogen-bond donors (Lipinski definition) is 2. The molecule has 0 amide bonds. The second kappa shape index (κ2) is 5.23. The normalized spacial score (nSPS) is 10.8. The molecular formula is C10H11NO4. The zero-order valence-electron chi connectivity index (χ0n) is 7.96. The van der Waals surface area contributed by atoms with Crippen LogP contribution in [0, 0.1) is 10.1 Å². The Hall–Kier alpha value is -1.72. The van der Waals surface area contributed by atoms with Crippen molar-refractivity contribution in [3.63, 3.8) is 0 Å². The van der Waals surface area contributed by atoms with Gasteiger partial charge in [-0.2, -0.15) is 0 Å². The van der Waals surface area contributed by atoms with E-state index in [1.54, 1.807) is 12.1 Å². The molecule has 1 aromatic carbocycles.